The van der Waals surface area contributed by atoms with Gasteiger partial charge in [0.2, 0.25) is 11.9 Å². The number of alkyl halides is 3. The summed E-state index contributed by atoms with van der Waals surface area (Å²) < 4.78 is 54.6. The van der Waals surface area contributed by atoms with E-state index < -0.39 is 23.8 Å². The summed E-state index contributed by atoms with van der Waals surface area (Å²) in [7, 11) is 1.41. The van der Waals surface area contributed by atoms with Gasteiger partial charge in [-0.25, -0.2) is 20.1 Å². The van der Waals surface area contributed by atoms with Crippen LogP contribution in [0.15, 0.2) is 29.4 Å². The lowest BCUT2D eigenvalue weighted by atomic mass is 10.1. The molecule has 6 nitrogen and oxygen atoms in total. The second-order valence-corrected chi connectivity index (χ2v) is 6.69. The molecule has 0 amide bonds. The van der Waals surface area contributed by atoms with Crippen molar-refractivity contribution in [3.63, 3.8) is 0 Å². The smallest absolute Gasteiger partial charge is 0.245 e. The van der Waals surface area contributed by atoms with Crippen LogP contribution in [0.4, 0.5) is 23.5 Å². The molecule has 12 heteroatoms. The van der Waals surface area contributed by atoms with Crippen LogP contribution in [-0.4, -0.2) is 26.0 Å². The van der Waals surface area contributed by atoms with Gasteiger partial charge in [-0.05, 0) is 25.1 Å². The van der Waals surface area contributed by atoms with Gasteiger partial charge >= 0.3 is 6.18 Å². The van der Waals surface area contributed by atoms with E-state index >= 15 is 0 Å². The summed E-state index contributed by atoms with van der Waals surface area (Å²) in [5.41, 5.74) is 1.79. The Morgan fingerprint density at radius 1 is 1.14 bits per heavy atom. The van der Waals surface area contributed by atoms with Gasteiger partial charge in [0.05, 0.1) is 33.2 Å². The standard InChI is InChI=1S/C17H12Cl2F4N6/c1-8-10(15(20)29(2)28-8)7-24-27-16-25-13(6-14(26-16)17(21,22)23)9-3-4-11(18)12(19)5-9/h3-7H,1-2H3,(H,25,26,27)/b24-7+. The van der Waals surface area contributed by atoms with Crippen molar-refractivity contribution in [3.05, 3.63) is 57.2 Å². The summed E-state index contributed by atoms with van der Waals surface area (Å²) in [6.07, 6.45) is -3.64. The molecule has 0 aliphatic heterocycles. The van der Waals surface area contributed by atoms with Gasteiger partial charge in [0.1, 0.15) is 0 Å². The Kier molecular flexibility index (Phi) is 5.76. The first-order valence-electron chi connectivity index (χ1n) is 7.96. The first-order chi connectivity index (χ1) is 13.6. The van der Waals surface area contributed by atoms with Crippen LogP contribution >= 0.6 is 23.2 Å². The van der Waals surface area contributed by atoms with Gasteiger partial charge in [0.15, 0.2) is 5.69 Å². The van der Waals surface area contributed by atoms with Gasteiger partial charge in [0, 0.05) is 12.6 Å². The molecule has 1 aromatic carbocycles. The Hall–Kier alpha value is -2.72. The quantitative estimate of drug-likeness (QED) is 0.344. The Morgan fingerprint density at radius 3 is 2.45 bits per heavy atom. The Balaban J connectivity index is 1.97. The lowest BCUT2D eigenvalue weighted by Gasteiger charge is -2.10. The predicted molar refractivity (Wildman–Crippen MR) is 102 cm³/mol. The van der Waals surface area contributed by atoms with E-state index in [2.05, 4.69) is 25.6 Å². The van der Waals surface area contributed by atoms with Gasteiger partial charge in [0.25, 0.3) is 0 Å². The van der Waals surface area contributed by atoms with Crippen LogP contribution in [-0.2, 0) is 13.2 Å². The van der Waals surface area contributed by atoms with Crippen molar-refractivity contribution in [2.24, 2.45) is 12.1 Å². The normalized spacial score (nSPS) is 12.0. The summed E-state index contributed by atoms with van der Waals surface area (Å²) in [5, 5.41) is 8.01. The molecule has 0 spiro atoms. The molecule has 0 atom stereocenters. The molecule has 0 saturated carbocycles. The lowest BCUT2D eigenvalue weighted by molar-refractivity contribution is -0.141. The molecule has 0 bridgehead atoms. The van der Waals surface area contributed by atoms with E-state index in [-0.39, 0.29) is 21.3 Å². The van der Waals surface area contributed by atoms with Crippen LogP contribution in [0.25, 0.3) is 11.3 Å². The molecule has 3 aromatic rings. The summed E-state index contributed by atoms with van der Waals surface area (Å²) >= 11 is 11.8. The number of hydrogen-bond donors (Lipinski definition) is 1. The lowest BCUT2D eigenvalue weighted by Crippen LogP contribution is -2.11. The number of anilines is 1. The third-order valence-corrected chi connectivity index (χ3v) is 4.53. The number of aryl methyl sites for hydroxylation is 2. The van der Waals surface area contributed by atoms with Crippen LogP contribution in [0.5, 0.6) is 0 Å². The highest BCUT2D eigenvalue weighted by Gasteiger charge is 2.34. The molecule has 0 aliphatic carbocycles. The maximum absolute atomic E-state index is 13.9. The van der Waals surface area contributed by atoms with E-state index in [1.165, 1.54) is 25.2 Å². The summed E-state index contributed by atoms with van der Waals surface area (Å²) in [6, 6.07) is 5.07. The van der Waals surface area contributed by atoms with Crippen LogP contribution in [0.3, 0.4) is 0 Å². The molecule has 2 aromatic heterocycles. The second kappa shape index (κ2) is 7.96. The van der Waals surface area contributed by atoms with E-state index in [4.69, 9.17) is 23.2 Å². The third kappa shape index (κ3) is 4.65. The third-order valence-electron chi connectivity index (χ3n) is 3.79. The maximum Gasteiger partial charge on any atom is 0.433 e. The summed E-state index contributed by atoms with van der Waals surface area (Å²) in [5.74, 6) is -1.08. The largest absolute Gasteiger partial charge is 0.433 e. The number of benzene rings is 1. The number of nitrogens with one attached hydrogen (secondary N) is 1. The molecular weight excluding hydrogens is 435 g/mol. The van der Waals surface area contributed by atoms with Crippen molar-refractivity contribution in [3.8, 4) is 11.3 Å². The Bertz CT molecular complexity index is 1090. The van der Waals surface area contributed by atoms with Gasteiger partial charge in [-0.3, -0.25) is 0 Å². The minimum atomic E-state index is -4.72. The van der Waals surface area contributed by atoms with Crippen LogP contribution in [0.2, 0.25) is 10.0 Å². The topological polar surface area (TPSA) is 68.0 Å². The minimum absolute atomic E-state index is 0.0488. The minimum Gasteiger partial charge on any atom is -0.245 e. The number of aromatic nitrogens is 4. The highest BCUT2D eigenvalue weighted by Crippen LogP contribution is 2.33. The van der Waals surface area contributed by atoms with E-state index in [0.717, 1.165) is 17.0 Å². The predicted octanol–water partition coefficient (Wildman–Crippen LogP) is 5.10. The van der Waals surface area contributed by atoms with E-state index in [1.807, 2.05) is 0 Å². The molecular formula is C17H12Cl2F4N6. The molecule has 0 radical (unpaired) electrons. The average Bonchev–Trinajstić information content (AvgIpc) is 2.89. The Morgan fingerprint density at radius 2 is 1.86 bits per heavy atom. The second-order valence-electron chi connectivity index (χ2n) is 5.87. The van der Waals surface area contributed by atoms with Crippen molar-refractivity contribution in [1.82, 2.24) is 19.7 Å². The number of halogens is 6. The molecule has 152 valence electrons. The number of nitrogens with zero attached hydrogens (tertiary/aromatic N) is 5. The Labute approximate surface area is 172 Å². The fourth-order valence-corrected chi connectivity index (χ4v) is 2.69. The molecule has 1 N–H and O–H groups in total. The van der Waals surface area contributed by atoms with Gasteiger partial charge < -0.3 is 0 Å². The highest BCUT2D eigenvalue weighted by molar-refractivity contribution is 6.42. The molecule has 0 fully saturated rings. The number of hydrogen-bond acceptors (Lipinski definition) is 5. The molecule has 3 rings (SSSR count). The van der Waals surface area contributed by atoms with Crippen molar-refractivity contribution < 1.29 is 17.6 Å². The van der Waals surface area contributed by atoms with Gasteiger partial charge in [-0.2, -0.15) is 27.8 Å². The van der Waals surface area contributed by atoms with Crippen molar-refractivity contribution in [1.29, 1.82) is 0 Å². The van der Waals surface area contributed by atoms with E-state index in [1.54, 1.807) is 6.92 Å². The zero-order chi connectivity index (χ0) is 21.3. The summed E-state index contributed by atoms with van der Waals surface area (Å²) in [6.45, 7) is 1.56. The highest BCUT2D eigenvalue weighted by atomic mass is 35.5. The number of hydrazone groups is 1. The van der Waals surface area contributed by atoms with Crippen molar-refractivity contribution in [2.45, 2.75) is 13.1 Å². The van der Waals surface area contributed by atoms with Crippen LogP contribution in [0, 0.1) is 12.9 Å². The fraction of sp³-hybridized carbons (Fsp3) is 0.176. The fourth-order valence-electron chi connectivity index (χ4n) is 2.39. The van der Waals surface area contributed by atoms with E-state index in [9.17, 15) is 17.6 Å². The van der Waals surface area contributed by atoms with Crippen LogP contribution in [0.1, 0.15) is 17.0 Å². The van der Waals surface area contributed by atoms with Gasteiger partial charge in [-0.1, -0.05) is 29.3 Å². The molecule has 29 heavy (non-hydrogen) atoms. The van der Waals surface area contributed by atoms with E-state index in [0.29, 0.717) is 11.3 Å². The van der Waals surface area contributed by atoms with Crippen LogP contribution < -0.4 is 5.43 Å². The first kappa shape index (κ1) is 21.0. The zero-order valence-electron chi connectivity index (χ0n) is 14.9. The molecule has 2 heterocycles. The number of rotatable bonds is 4. The molecule has 0 unspecified atom stereocenters. The first-order valence-corrected chi connectivity index (χ1v) is 8.71. The SMILES string of the molecule is Cc1nn(C)c(F)c1/C=N/Nc1nc(-c2ccc(Cl)c(Cl)c2)cc(C(F)(F)F)n1. The summed E-state index contributed by atoms with van der Waals surface area (Å²) in [4.78, 5) is 7.43. The van der Waals surface area contributed by atoms with Crippen molar-refractivity contribution in [2.75, 3.05) is 5.43 Å². The maximum atomic E-state index is 13.9. The monoisotopic (exact) mass is 446 g/mol. The average molecular weight is 447 g/mol. The molecule has 0 saturated heterocycles. The van der Waals surface area contributed by atoms with Crippen molar-refractivity contribution >= 4 is 35.4 Å². The zero-order valence-corrected chi connectivity index (χ0v) is 16.4. The molecule has 0 aliphatic rings. The van der Waals surface area contributed by atoms with Gasteiger partial charge in [-0.15, -0.1) is 0 Å².